The van der Waals surface area contributed by atoms with Gasteiger partial charge in [0.05, 0.1) is 0 Å². The summed E-state index contributed by atoms with van der Waals surface area (Å²) in [5, 5.41) is 0. The second-order valence-electron chi connectivity index (χ2n) is 4.11. The second-order valence-corrected chi connectivity index (χ2v) is 4.11. The van der Waals surface area contributed by atoms with E-state index in [1.165, 1.54) is 11.6 Å². The summed E-state index contributed by atoms with van der Waals surface area (Å²) in [5.74, 6) is -0.190. The third-order valence-corrected chi connectivity index (χ3v) is 2.82. The van der Waals surface area contributed by atoms with Crippen molar-refractivity contribution < 1.29 is 4.39 Å². The maximum atomic E-state index is 13.2. The van der Waals surface area contributed by atoms with E-state index in [1.54, 1.807) is 6.07 Å². The summed E-state index contributed by atoms with van der Waals surface area (Å²) in [6.07, 6.45) is 1.55. The highest BCUT2D eigenvalue weighted by molar-refractivity contribution is 5.33. The predicted octanol–water partition coefficient (Wildman–Crippen LogP) is 2.92. The number of rotatable bonds is 4. The summed E-state index contributed by atoms with van der Waals surface area (Å²) >= 11 is 0. The van der Waals surface area contributed by atoms with Gasteiger partial charge in [-0.2, -0.15) is 0 Å². The molecule has 0 heterocycles. The molecule has 2 rings (SSSR count). The van der Waals surface area contributed by atoms with Crippen LogP contribution in [-0.4, -0.2) is 6.54 Å². The Hall–Kier alpha value is -1.67. The molecule has 0 spiro atoms. The van der Waals surface area contributed by atoms with Crippen LogP contribution in [0.4, 0.5) is 4.39 Å². The van der Waals surface area contributed by atoms with Crippen molar-refractivity contribution in [2.24, 2.45) is 5.73 Å². The highest BCUT2D eigenvalue weighted by atomic mass is 19.1. The van der Waals surface area contributed by atoms with Crippen LogP contribution in [0.5, 0.6) is 0 Å². The zero-order valence-electron chi connectivity index (χ0n) is 9.70. The summed E-state index contributed by atoms with van der Waals surface area (Å²) in [7, 11) is 0. The van der Waals surface area contributed by atoms with Gasteiger partial charge in [-0.05, 0) is 48.2 Å². The van der Waals surface area contributed by atoms with Crippen molar-refractivity contribution in [1.29, 1.82) is 0 Å². The molecule has 2 heteroatoms. The Labute approximate surface area is 101 Å². The molecular formula is C15H16FN. The van der Waals surface area contributed by atoms with Gasteiger partial charge in [0.15, 0.2) is 0 Å². The summed E-state index contributed by atoms with van der Waals surface area (Å²) in [4.78, 5) is 0. The van der Waals surface area contributed by atoms with Crippen LogP contribution >= 0.6 is 0 Å². The molecule has 0 atom stereocenters. The highest BCUT2D eigenvalue weighted by Gasteiger charge is 2.04. The molecule has 0 radical (unpaired) electrons. The van der Waals surface area contributed by atoms with Gasteiger partial charge in [-0.25, -0.2) is 4.39 Å². The molecule has 1 nitrogen and oxygen atoms in total. The summed E-state index contributed by atoms with van der Waals surface area (Å²) in [5.41, 5.74) is 8.95. The second kappa shape index (κ2) is 5.60. The van der Waals surface area contributed by atoms with Crippen LogP contribution in [0.2, 0.25) is 0 Å². The molecule has 0 saturated heterocycles. The van der Waals surface area contributed by atoms with Gasteiger partial charge < -0.3 is 5.73 Å². The van der Waals surface area contributed by atoms with Gasteiger partial charge in [-0.3, -0.25) is 0 Å². The molecule has 0 aliphatic heterocycles. The van der Waals surface area contributed by atoms with Crippen molar-refractivity contribution in [2.75, 3.05) is 6.54 Å². The fourth-order valence-electron chi connectivity index (χ4n) is 1.97. The molecule has 0 fully saturated rings. The summed E-state index contributed by atoms with van der Waals surface area (Å²) in [6.45, 7) is 0.547. The maximum absolute atomic E-state index is 13.2. The molecule has 0 aliphatic rings. The number of benzene rings is 2. The zero-order valence-corrected chi connectivity index (χ0v) is 9.70. The van der Waals surface area contributed by atoms with E-state index in [0.717, 1.165) is 24.0 Å². The van der Waals surface area contributed by atoms with Gasteiger partial charge in [0.25, 0.3) is 0 Å². The molecular weight excluding hydrogens is 213 g/mol. The summed E-state index contributed by atoms with van der Waals surface area (Å²) < 4.78 is 13.2. The normalized spacial score (nSPS) is 10.5. The number of halogens is 1. The van der Waals surface area contributed by atoms with Crippen LogP contribution in [0.1, 0.15) is 16.7 Å². The molecule has 0 aromatic heterocycles. The Morgan fingerprint density at radius 2 is 1.71 bits per heavy atom. The minimum atomic E-state index is -0.190. The monoisotopic (exact) mass is 229 g/mol. The molecule has 88 valence electrons. The van der Waals surface area contributed by atoms with Gasteiger partial charge in [0.2, 0.25) is 0 Å². The first-order valence-corrected chi connectivity index (χ1v) is 5.81. The summed E-state index contributed by atoms with van der Waals surface area (Å²) in [6, 6.07) is 15.1. The van der Waals surface area contributed by atoms with E-state index in [1.807, 2.05) is 24.3 Å². The van der Waals surface area contributed by atoms with Crippen LogP contribution < -0.4 is 5.73 Å². The molecule has 0 aliphatic carbocycles. The number of hydrogen-bond donors (Lipinski definition) is 1. The first-order valence-electron chi connectivity index (χ1n) is 5.81. The average Bonchev–Trinajstić information content (AvgIpc) is 2.34. The van der Waals surface area contributed by atoms with E-state index in [4.69, 9.17) is 5.73 Å². The Kier molecular flexibility index (Phi) is 3.89. The number of hydrogen-bond acceptors (Lipinski definition) is 1. The lowest BCUT2D eigenvalue weighted by molar-refractivity contribution is 0.624. The van der Waals surface area contributed by atoms with E-state index >= 15 is 0 Å². The lowest BCUT2D eigenvalue weighted by Crippen LogP contribution is -2.06. The molecule has 0 bridgehead atoms. The Balaban J connectivity index is 2.26. The third kappa shape index (κ3) is 3.14. The third-order valence-electron chi connectivity index (χ3n) is 2.82. The Morgan fingerprint density at radius 1 is 0.941 bits per heavy atom. The molecule has 0 amide bonds. The van der Waals surface area contributed by atoms with E-state index < -0.39 is 0 Å². The van der Waals surface area contributed by atoms with E-state index in [-0.39, 0.29) is 5.82 Å². The van der Waals surface area contributed by atoms with Crippen molar-refractivity contribution >= 4 is 0 Å². The first-order chi connectivity index (χ1) is 8.29. The fourth-order valence-corrected chi connectivity index (χ4v) is 1.97. The molecule has 17 heavy (non-hydrogen) atoms. The first kappa shape index (κ1) is 11.8. The topological polar surface area (TPSA) is 26.0 Å². The Bertz CT molecular complexity index is 480. The van der Waals surface area contributed by atoms with Crippen molar-refractivity contribution in [3.63, 3.8) is 0 Å². The average molecular weight is 229 g/mol. The van der Waals surface area contributed by atoms with Gasteiger partial charge in [0, 0.05) is 0 Å². The van der Waals surface area contributed by atoms with Crippen molar-refractivity contribution in [3.05, 3.63) is 71.0 Å². The smallest absolute Gasteiger partial charge is 0.123 e. The van der Waals surface area contributed by atoms with Crippen molar-refractivity contribution in [3.8, 4) is 0 Å². The van der Waals surface area contributed by atoms with Crippen LogP contribution in [0.15, 0.2) is 48.5 Å². The molecule has 0 saturated carbocycles. The fraction of sp³-hybridized carbons (Fsp3) is 0.200. The number of nitrogens with two attached hydrogens (primary N) is 1. The van der Waals surface area contributed by atoms with E-state index in [9.17, 15) is 4.39 Å². The molecule has 0 unspecified atom stereocenters. The minimum absolute atomic E-state index is 0.190. The maximum Gasteiger partial charge on any atom is 0.123 e. The Morgan fingerprint density at radius 3 is 2.41 bits per heavy atom. The van der Waals surface area contributed by atoms with E-state index in [2.05, 4.69) is 12.1 Å². The molecule has 2 aromatic rings. The van der Waals surface area contributed by atoms with Crippen molar-refractivity contribution in [2.45, 2.75) is 12.8 Å². The van der Waals surface area contributed by atoms with Gasteiger partial charge in [0.1, 0.15) is 5.82 Å². The molecule has 2 aromatic carbocycles. The van der Waals surface area contributed by atoms with Crippen LogP contribution in [0.25, 0.3) is 0 Å². The van der Waals surface area contributed by atoms with Gasteiger partial charge in [-0.1, -0.05) is 36.4 Å². The van der Waals surface area contributed by atoms with Gasteiger partial charge in [-0.15, -0.1) is 0 Å². The largest absolute Gasteiger partial charge is 0.330 e. The quantitative estimate of drug-likeness (QED) is 0.857. The SMILES string of the molecule is NCCc1cc(F)ccc1Cc1ccccc1. The van der Waals surface area contributed by atoms with E-state index in [0.29, 0.717) is 6.54 Å². The predicted molar refractivity (Wildman–Crippen MR) is 68.4 cm³/mol. The lowest BCUT2D eigenvalue weighted by Gasteiger charge is -2.09. The van der Waals surface area contributed by atoms with Gasteiger partial charge >= 0.3 is 0 Å². The van der Waals surface area contributed by atoms with Crippen LogP contribution in [0, 0.1) is 5.82 Å². The lowest BCUT2D eigenvalue weighted by atomic mass is 9.98. The molecule has 2 N–H and O–H groups in total. The van der Waals surface area contributed by atoms with Crippen LogP contribution in [0.3, 0.4) is 0 Å². The van der Waals surface area contributed by atoms with Crippen LogP contribution in [-0.2, 0) is 12.8 Å². The highest BCUT2D eigenvalue weighted by Crippen LogP contribution is 2.16. The minimum Gasteiger partial charge on any atom is -0.330 e. The zero-order chi connectivity index (χ0) is 12.1. The standard InChI is InChI=1S/C15H16FN/c16-15-7-6-13(14(11-15)8-9-17)10-12-4-2-1-3-5-12/h1-7,11H,8-10,17H2. The van der Waals surface area contributed by atoms with Crippen molar-refractivity contribution in [1.82, 2.24) is 0 Å².